The second-order valence-electron chi connectivity index (χ2n) is 4.40. The standard InChI is InChI=1S/C10H17N3O/c1-7(2)8-4-5-10(3,14)9(6-8)12-13-11/h8-9,14H,1,4-6H2,2-3H3/t8-,9+,10+/m0/s1. The number of azide groups is 1. The molecule has 1 saturated carbocycles. The molecule has 1 aliphatic carbocycles. The summed E-state index contributed by atoms with van der Waals surface area (Å²) in [7, 11) is 0. The number of hydrogen-bond donors (Lipinski definition) is 1. The topological polar surface area (TPSA) is 69.0 Å². The molecule has 0 saturated heterocycles. The van der Waals surface area contributed by atoms with E-state index >= 15 is 0 Å². The lowest BCUT2D eigenvalue weighted by atomic mass is 9.74. The van der Waals surface area contributed by atoms with E-state index in [1.54, 1.807) is 6.92 Å². The quantitative estimate of drug-likeness (QED) is 0.313. The van der Waals surface area contributed by atoms with Crippen LogP contribution in [-0.4, -0.2) is 16.7 Å². The molecule has 0 aromatic carbocycles. The zero-order valence-corrected chi connectivity index (χ0v) is 8.77. The SMILES string of the molecule is C=C(C)[C@H]1CC[C@@](C)(O)[C@H](N=[N+]=[N-])C1. The minimum Gasteiger partial charge on any atom is -0.390 e. The first kappa shape index (κ1) is 11.1. The fourth-order valence-electron chi connectivity index (χ4n) is 1.96. The van der Waals surface area contributed by atoms with Gasteiger partial charge in [0, 0.05) is 4.91 Å². The van der Waals surface area contributed by atoms with Crippen LogP contribution in [0.1, 0.15) is 33.1 Å². The third-order valence-corrected chi connectivity index (χ3v) is 3.11. The molecule has 0 aromatic rings. The summed E-state index contributed by atoms with van der Waals surface area (Å²) >= 11 is 0. The van der Waals surface area contributed by atoms with Crippen molar-refractivity contribution in [3.63, 3.8) is 0 Å². The van der Waals surface area contributed by atoms with E-state index in [2.05, 4.69) is 16.6 Å². The molecule has 3 atom stereocenters. The molecular weight excluding hydrogens is 178 g/mol. The van der Waals surface area contributed by atoms with Gasteiger partial charge in [0.05, 0.1) is 11.6 Å². The molecule has 14 heavy (non-hydrogen) atoms. The van der Waals surface area contributed by atoms with E-state index in [9.17, 15) is 5.11 Å². The Bertz CT molecular complexity index is 279. The maximum Gasteiger partial charge on any atom is 0.0704 e. The highest BCUT2D eigenvalue weighted by Gasteiger charge is 2.37. The van der Waals surface area contributed by atoms with Gasteiger partial charge in [-0.2, -0.15) is 0 Å². The van der Waals surface area contributed by atoms with Crippen LogP contribution in [0.4, 0.5) is 0 Å². The summed E-state index contributed by atoms with van der Waals surface area (Å²) in [6, 6.07) is -0.317. The van der Waals surface area contributed by atoms with E-state index in [1.807, 2.05) is 6.92 Å². The first-order chi connectivity index (χ1) is 6.47. The summed E-state index contributed by atoms with van der Waals surface area (Å²) < 4.78 is 0. The van der Waals surface area contributed by atoms with Crippen molar-refractivity contribution in [2.45, 2.75) is 44.8 Å². The van der Waals surface area contributed by atoms with Gasteiger partial charge in [0.25, 0.3) is 0 Å². The number of nitrogens with zero attached hydrogens (tertiary/aromatic N) is 3. The zero-order valence-electron chi connectivity index (χ0n) is 8.77. The Balaban J connectivity index is 2.77. The Morgan fingerprint density at radius 1 is 1.71 bits per heavy atom. The van der Waals surface area contributed by atoms with E-state index in [0.717, 1.165) is 12.0 Å². The molecule has 1 fully saturated rings. The van der Waals surface area contributed by atoms with Crippen molar-refractivity contribution in [2.24, 2.45) is 11.0 Å². The fraction of sp³-hybridized carbons (Fsp3) is 0.800. The van der Waals surface area contributed by atoms with Crippen LogP contribution >= 0.6 is 0 Å². The molecule has 1 N–H and O–H groups in total. The Labute approximate surface area is 84.3 Å². The van der Waals surface area contributed by atoms with Gasteiger partial charge in [0.15, 0.2) is 0 Å². The maximum absolute atomic E-state index is 9.97. The minimum atomic E-state index is -0.849. The van der Waals surface area contributed by atoms with Crippen LogP contribution in [0.25, 0.3) is 10.4 Å². The summed E-state index contributed by atoms with van der Waals surface area (Å²) in [5, 5.41) is 13.6. The maximum atomic E-state index is 9.97. The first-order valence-electron chi connectivity index (χ1n) is 4.89. The molecule has 0 heterocycles. The van der Waals surface area contributed by atoms with Crippen molar-refractivity contribution in [3.05, 3.63) is 22.6 Å². The molecule has 0 amide bonds. The van der Waals surface area contributed by atoms with Gasteiger partial charge in [0.1, 0.15) is 0 Å². The van der Waals surface area contributed by atoms with E-state index in [0.29, 0.717) is 18.8 Å². The molecule has 0 aromatic heterocycles. The summed E-state index contributed by atoms with van der Waals surface area (Å²) in [6.45, 7) is 7.63. The highest BCUT2D eigenvalue weighted by Crippen LogP contribution is 2.36. The van der Waals surface area contributed by atoms with Crippen molar-refractivity contribution in [1.82, 2.24) is 0 Å². The predicted octanol–water partition coefficient (Wildman–Crippen LogP) is 2.79. The number of allylic oxidation sites excluding steroid dienone is 1. The van der Waals surface area contributed by atoms with Gasteiger partial charge < -0.3 is 5.11 Å². The molecule has 1 aliphatic rings. The minimum absolute atomic E-state index is 0.317. The Morgan fingerprint density at radius 2 is 2.36 bits per heavy atom. The highest BCUT2D eigenvalue weighted by atomic mass is 16.3. The molecule has 0 bridgehead atoms. The Morgan fingerprint density at radius 3 is 2.86 bits per heavy atom. The van der Waals surface area contributed by atoms with Crippen LogP contribution in [0.5, 0.6) is 0 Å². The Hall–Kier alpha value is -0.990. The van der Waals surface area contributed by atoms with Gasteiger partial charge in [-0.05, 0) is 44.6 Å². The van der Waals surface area contributed by atoms with Gasteiger partial charge in [-0.3, -0.25) is 0 Å². The lowest BCUT2D eigenvalue weighted by molar-refractivity contribution is -0.00621. The number of hydrogen-bond acceptors (Lipinski definition) is 2. The lowest BCUT2D eigenvalue weighted by Crippen LogP contribution is -2.43. The van der Waals surface area contributed by atoms with Crippen molar-refractivity contribution >= 4 is 0 Å². The number of rotatable bonds is 2. The summed E-state index contributed by atoms with van der Waals surface area (Å²) in [5.74, 6) is 0.380. The summed E-state index contributed by atoms with van der Waals surface area (Å²) in [6.07, 6.45) is 2.32. The van der Waals surface area contributed by atoms with Crippen molar-refractivity contribution in [2.75, 3.05) is 0 Å². The smallest absolute Gasteiger partial charge is 0.0704 e. The van der Waals surface area contributed by atoms with Crippen LogP contribution < -0.4 is 0 Å². The normalized spacial score (nSPS) is 37.4. The van der Waals surface area contributed by atoms with Gasteiger partial charge >= 0.3 is 0 Å². The molecule has 0 radical (unpaired) electrons. The second-order valence-corrected chi connectivity index (χ2v) is 4.40. The molecule has 0 aliphatic heterocycles. The van der Waals surface area contributed by atoms with Crippen molar-refractivity contribution in [1.29, 1.82) is 0 Å². The van der Waals surface area contributed by atoms with Crippen LogP contribution in [0.3, 0.4) is 0 Å². The molecule has 0 spiro atoms. The lowest BCUT2D eigenvalue weighted by Gasteiger charge is -2.38. The van der Waals surface area contributed by atoms with Crippen LogP contribution in [0.2, 0.25) is 0 Å². The van der Waals surface area contributed by atoms with Crippen molar-refractivity contribution < 1.29 is 5.11 Å². The summed E-state index contributed by atoms with van der Waals surface area (Å²) in [5.41, 5.74) is 8.66. The van der Waals surface area contributed by atoms with E-state index in [-0.39, 0.29) is 6.04 Å². The molecule has 0 unspecified atom stereocenters. The molecular formula is C10H17N3O. The van der Waals surface area contributed by atoms with Gasteiger partial charge in [-0.15, -0.1) is 0 Å². The second kappa shape index (κ2) is 4.03. The van der Waals surface area contributed by atoms with Crippen LogP contribution in [0.15, 0.2) is 17.3 Å². The van der Waals surface area contributed by atoms with E-state index < -0.39 is 5.60 Å². The van der Waals surface area contributed by atoms with Crippen molar-refractivity contribution in [3.8, 4) is 0 Å². The average molecular weight is 195 g/mol. The third-order valence-electron chi connectivity index (χ3n) is 3.11. The first-order valence-corrected chi connectivity index (χ1v) is 4.89. The largest absolute Gasteiger partial charge is 0.390 e. The zero-order chi connectivity index (χ0) is 10.8. The van der Waals surface area contributed by atoms with Gasteiger partial charge in [0.2, 0.25) is 0 Å². The third kappa shape index (κ3) is 2.28. The van der Waals surface area contributed by atoms with Crippen LogP contribution in [0, 0.1) is 5.92 Å². The predicted molar refractivity (Wildman–Crippen MR) is 55.7 cm³/mol. The molecule has 78 valence electrons. The summed E-state index contributed by atoms with van der Waals surface area (Å²) in [4.78, 5) is 2.78. The van der Waals surface area contributed by atoms with E-state index in [4.69, 9.17) is 5.53 Å². The van der Waals surface area contributed by atoms with E-state index in [1.165, 1.54) is 0 Å². The van der Waals surface area contributed by atoms with Gasteiger partial charge in [-0.1, -0.05) is 17.3 Å². The number of aliphatic hydroxyl groups is 1. The average Bonchev–Trinajstić information content (AvgIpc) is 2.08. The van der Waals surface area contributed by atoms with Crippen LogP contribution in [-0.2, 0) is 0 Å². The molecule has 4 heteroatoms. The molecule has 4 nitrogen and oxygen atoms in total. The highest BCUT2D eigenvalue weighted by molar-refractivity contribution is 5.05. The Kier molecular flexibility index (Phi) is 3.19. The fourth-order valence-corrected chi connectivity index (χ4v) is 1.96. The monoisotopic (exact) mass is 195 g/mol. The van der Waals surface area contributed by atoms with Gasteiger partial charge in [-0.25, -0.2) is 0 Å². The molecule has 1 rings (SSSR count).